The fraction of sp³-hybridized carbons (Fsp3) is 0.111. The normalized spacial score (nSPS) is 15.9. The van der Waals surface area contributed by atoms with Gasteiger partial charge in [-0.15, -0.1) is 0 Å². The van der Waals surface area contributed by atoms with Crippen LogP contribution in [0.2, 0.25) is 0 Å². The van der Waals surface area contributed by atoms with E-state index in [-0.39, 0.29) is 5.88 Å². The first-order valence-electron chi connectivity index (χ1n) is 7.06. The predicted octanol–water partition coefficient (Wildman–Crippen LogP) is 2.68. The van der Waals surface area contributed by atoms with Crippen LogP contribution in [0.3, 0.4) is 0 Å². The van der Waals surface area contributed by atoms with Crippen LogP contribution >= 0.6 is 0 Å². The molecular weight excluding hydrogens is 294 g/mol. The Balaban J connectivity index is 2.09. The maximum Gasteiger partial charge on any atom is 0.404 e. The van der Waals surface area contributed by atoms with Gasteiger partial charge in [0, 0.05) is 18.7 Å². The Bertz CT molecular complexity index is 810. The molecule has 0 aromatic heterocycles. The number of ether oxygens (including phenoxy) is 2. The summed E-state index contributed by atoms with van der Waals surface area (Å²) in [5, 5.41) is 0. The first-order chi connectivity index (χ1) is 11.1. The van der Waals surface area contributed by atoms with Gasteiger partial charge in [0.25, 0.3) is 0 Å². The lowest BCUT2D eigenvalue weighted by molar-refractivity contribution is -0.147. The van der Waals surface area contributed by atoms with Crippen LogP contribution in [0, 0.1) is 0 Å². The Morgan fingerprint density at radius 3 is 2.30 bits per heavy atom. The Morgan fingerprint density at radius 1 is 1.00 bits per heavy atom. The molecule has 0 radical (unpaired) electrons. The van der Waals surface area contributed by atoms with Crippen LogP contribution in [0.15, 0.2) is 54.4 Å². The highest BCUT2D eigenvalue weighted by Gasteiger charge is 2.33. The molecule has 5 heteroatoms. The van der Waals surface area contributed by atoms with Crippen LogP contribution in [-0.2, 0) is 14.3 Å². The van der Waals surface area contributed by atoms with Gasteiger partial charge in [0.15, 0.2) is 0 Å². The predicted molar refractivity (Wildman–Crippen MR) is 85.3 cm³/mol. The van der Waals surface area contributed by atoms with Crippen molar-refractivity contribution in [1.82, 2.24) is 4.90 Å². The number of para-hydroxylation sites is 1. The second-order valence-corrected chi connectivity index (χ2v) is 5.02. The number of benzene rings is 2. The molecule has 5 nitrogen and oxygen atoms in total. The molecule has 1 amide bonds. The Kier molecular flexibility index (Phi) is 3.85. The molecule has 1 aliphatic heterocycles. The lowest BCUT2D eigenvalue weighted by atomic mass is 9.98. The summed E-state index contributed by atoms with van der Waals surface area (Å²) >= 11 is 0. The average Bonchev–Trinajstić information content (AvgIpc) is 2.82. The highest BCUT2D eigenvalue weighted by molar-refractivity contribution is 6.35. The molecule has 1 saturated heterocycles. The number of rotatable bonds is 3. The molecular formula is C18H15NO4. The van der Waals surface area contributed by atoms with Crippen molar-refractivity contribution in [1.29, 1.82) is 0 Å². The van der Waals surface area contributed by atoms with Crippen molar-refractivity contribution in [2.24, 2.45) is 0 Å². The van der Waals surface area contributed by atoms with Crippen molar-refractivity contribution < 1.29 is 19.1 Å². The first kappa shape index (κ1) is 14.8. The van der Waals surface area contributed by atoms with E-state index in [1.54, 1.807) is 13.2 Å². The summed E-state index contributed by atoms with van der Waals surface area (Å²) in [5.41, 5.74) is 2.66. The summed E-state index contributed by atoms with van der Waals surface area (Å²) in [4.78, 5) is 24.1. The molecule has 1 heterocycles. The average molecular weight is 309 g/mol. The summed E-state index contributed by atoms with van der Waals surface area (Å²) in [6.45, 7) is 0. The van der Waals surface area contributed by atoms with Crippen LogP contribution in [0.5, 0.6) is 5.75 Å². The Hall–Kier alpha value is -3.08. The summed E-state index contributed by atoms with van der Waals surface area (Å²) in [6, 6.07) is 15.3. The van der Waals surface area contributed by atoms with Gasteiger partial charge in [0.05, 0.1) is 7.11 Å². The van der Waals surface area contributed by atoms with Gasteiger partial charge in [-0.2, -0.15) is 0 Å². The van der Waals surface area contributed by atoms with Crippen molar-refractivity contribution in [3.63, 3.8) is 0 Å². The van der Waals surface area contributed by atoms with Crippen LogP contribution in [-0.4, -0.2) is 30.9 Å². The van der Waals surface area contributed by atoms with Gasteiger partial charge < -0.3 is 9.47 Å². The van der Waals surface area contributed by atoms with Crippen LogP contribution in [0.4, 0.5) is 0 Å². The molecule has 1 aliphatic rings. The summed E-state index contributed by atoms with van der Waals surface area (Å²) in [6.07, 6.45) is 1.67. The topological polar surface area (TPSA) is 55.8 Å². The molecule has 0 aliphatic carbocycles. The summed E-state index contributed by atoms with van der Waals surface area (Å²) < 4.78 is 10.4. The molecule has 0 saturated carbocycles. The molecule has 0 atom stereocenters. The quantitative estimate of drug-likeness (QED) is 0.646. The van der Waals surface area contributed by atoms with Gasteiger partial charge in [-0.25, -0.2) is 4.79 Å². The van der Waals surface area contributed by atoms with Crippen LogP contribution in [0.1, 0.15) is 5.56 Å². The molecule has 23 heavy (non-hydrogen) atoms. The van der Waals surface area contributed by atoms with Crippen molar-refractivity contribution in [2.75, 3.05) is 14.2 Å². The van der Waals surface area contributed by atoms with E-state index in [0.717, 1.165) is 22.4 Å². The van der Waals surface area contributed by atoms with E-state index < -0.39 is 11.9 Å². The summed E-state index contributed by atoms with van der Waals surface area (Å²) in [5.74, 6) is -0.590. The molecule has 0 spiro atoms. The number of hydrogen-bond acceptors (Lipinski definition) is 4. The maximum absolute atomic E-state index is 11.6. The molecule has 0 bridgehead atoms. The van der Waals surface area contributed by atoms with Crippen LogP contribution in [0.25, 0.3) is 17.2 Å². The van der Waals surface area contributed by atoms with Crippen molar-refractivity contribution in [3.05, 3.63) is 60.0 Å². The van der Waals surface area contributed by atoms with E-state index in [4.69, 9.17) is 9.47 Å². The minimum atomic E-state index is -0.867. The lowest BCUT2D eigenvalue weighted by Gasteiger charge is -2.12. The zero-order valence-electron chi connectivity index (χ0n) is 12.8. The molecule has 1 fully saturated rings. The summed E-state index contributed by atoms with van der Waals surface area (Å²) in [7, 11) is 3.12. The monoisotopic (exact) mass is 309 g/mol. The maximum atomic E-state index is 11.6. The first-order valence-corrected chi connectivity index (χ1v) is 7.06. The van der Waals surface area contributed by atoms with Gasteiger partial charge in [-0.3, -0.25) is 9.69 Å². The van der Waals surface area contributed by atoms with Gasteiger partial charge in [-0.1, -0.05) is 42.5 Å². The highest BCUT2D eigenvalue weighted by Crippen LogP contribution is 2.33. The number of carbonyl (C=O) groups is 2. The number of likely N-dealkylation sites (N-methyl/N-ethyl adjacent to an activating group) is 1. The Morgan fingerprint density at radius 2 is 1.65 bits per heavy atom. The minimum absolute atomic E-state index is 0.211. The van der Waals surface area contributed by atoms with E-state index in [0.29, 0.717) is 0 Å². The zero-order chi connectivity index (χ0) is 16.4. The number of carbonyl (C=O) groups excluding carboxylic acids is 2. The number of methoxy groups -OCH3 is 1. The fourth-order valence-electron chi connectivity index (χ4n) is 2.44. The van der Waals surface area contributed by atoms with Crippen molar-refractivity contribution in [3.8, 4) is 16.9 Å². The SMILES string of the molecule is COc1ccccc1-c1ccccc1/C=C1\OC(=O)C(=O)N1C. The smallest absolute Gasteiger partial charge is 0.404 e. The van der Waals surface area contributed by atoms with E-state index in [2.05, 4.69) is 0 Å². The van der Waals surface area contributed by atoms with Crippen LogP contribution < -0.4 is 4.74 Å². The van der Waals surface area contributed by atoms with E-state index >= 15 is 0 Å². The lowest BCUT2D eigenvalue weighted by Crippen LogP contribution is -2.21. The van der Waals surface area contributed by atoms with Gasteiger partial charge >= 0.3 is 11.9 Å². The molecule has 0 unspecified atom stereocenters. The number of cyclic esters (lactones) is 1. The third kappa shape index (κ3) is 2.68. The minimum Gasteiger partial charge on any atom is -0.496 e. The largest absolute Gasteiger partial charge is 0.496 e. The standard InChI is InChI=1S/C18H15NO4/c1-19-16(23-18(21)17(19)20)11-12-7-3-4-8-13(12)14-9-5-6-10-15(14)22-2/h3-11H,1-2H3/b16-11-. The third-order valence-electron chi connectivity index (χ3n) is 3.64. The van der Waals surface area contributed by atoms with Crippen molar-refractivity contribution >= 4 is 18.0 Å². The van der Waals surface area contributed by atoms with E-state index in [1.807, 2.05) is 48.5 Å². The van der Waals surface area contributed by atoms with Gasteiger partial charge in [-0.05, 0) is 17.2 Å². The van der Waals surface area contributed by atoms with E-state index in [1.165, 1.54) is 11.9 Å². The number of hydrogen-bond donors (Lipinski definition) is 0. The highest BCUT2D eigenvalue weighted by atomic mass is 16.6. The second-order valence-electron chi connectivity index (χ2n) is 5.02. The van der Waals surface area contributed by atoms with Gasteiger partial charge in [0.1, 0.15) is 5.75 Å². The van der Waals surface area contributed by atoms with Crippen molar-refractivity contribution in [2.45, 2.75) is 0 Å². The molecule has 116 valence electrons. The third-order valence-corrected chi connectivity index (χ3v) is 3.64. The van der Waals surface area contributed by atoms with Gasteiger partial charge in [0.2, 0.25) is 5.88 Å². The van der Waals surface area contributed by atoms with E-state index in [9.17, 15) is 9.59 Å². The fourth-order valence-corrected chi connectivity index (χ4v) is 2.44. The number of nitrogens with zero attached hydrogens (tertiary/aromatic N) is 1. The molecule has 2 aromatic rings. The second kappa shape index (κ2) is 5.96. The number of esters is 1. The molecule has 2 aromatic carbocycles. The molecule has 0 N–H and O–H groups in total. The molecule has 3 rings (SSSR count). The number of amides is 1. The zero-order valence-corrected chi connectivity index (χ0v) is 12.8. The Labute approximate surface area is 133 Å².